The van der Waals surface area contributed by atoms with Crippen LogP contribution < -0.4 is 10.5 Å². The maximum absolute atomic E-state index is 5.81. The monoisotopic (exact) mass is 305 g/mol. The van der Waals surface area contributed by atoms with Crippen LogP contribution in [0.3, 0.4) is 0 Å². The molecule has 0 aliphatic heterocycles. The van der Waals surface area contributed by atoms with Crippen molar-refractivity contribution >= 4 is 28.3 Å². The third-order valence-electron chi connectivity index (χ3n) is 1.98. The average Bonchev–Trinajstić information content (AvgIpc) is 2.15. The maximum Gasteiger partial charge on any atom is 0.142 e. The van der Waals surface area contributed by atoms with E-state index >= 15 is 0 Å². The SMILES string of the molecule is CCCCCOc1ccc(I)cc1N. The fourth-order valence-corrected chi connectivity index (χ4v) is 1.70. The van der Waals surface area contributed by atoms with E-state index in [2.05, 4.69) is 29.5 Å². The molecule has 2 N–H and O–H groups in total. The van der Waals surface area contributed by atoms with Gasteiger partial charge in [0, 0.05) is 3.57 Å². The first-order chi connectivity index (χ1) is 6.74. The standard InChI is InChI=1S/C11H16INO/c1-2-3-4-7-14-11-6-5-9(12)8-10(11)13/h5-6,8H,2-4,7,13H2,1H3. The molecule has 1 aromatic rings. The molecule has 2 nitrogen and oxygen atoms in total. The van der Waals surface area contributed by atoms with Crippen LogP contribution in [-0.4, -0.2) is 6.61 Å². The molecule has 0 aliphatic rings. The van der Waals surface area contributed by atoms with Gasteiger partial charge in [0.05, 0.1) is 12.3 Å². The summed E-state index contributed by atoms with van der Waals surface area (Å²) in [6.07, 6.45) is 3.53. The molecule has 0 heterocycles. The minimum absolute atomic E-state index is 0.730. The van der Waals surface area contributed by atoms with Crippen LogP contribution in [0, 0.1) is 3.57 Å². The van der Waals surface area contributed by atoms with E-state index in [-0.39, 0.29) is 0 Å². The summed E-state index contributed by atoms with van der Waals surface area (Å²) >= 11 is 2.24. The largest absolute Gasteiger partial charge is 0.491 e. The molecule has 14 heavy (non-hydrogen) atoms. The zero-order chi connectivity index (χ0) is 10.4. The number of ether oxygens (including phenoxy) is 1. The van der Waals surface area contributed by atoms with Gasteiger partial charge in [-0.25, -0.2) is 0 Å². The minimum atomic E-state index is 0.730. The molecule has 0 amide bonds. The molecule has 0 saturated heterocycles. The summed E-state index contributed by atoms with van der Waals surface area (Å²) in [5.41, 5.74) is 6.54. The van der Waals surface area contributed by atoms with Crippen LogP contribution in [0.5, 0.6) is 5.75 Å². The summed E-state index contributed by atoms with van der Waals surface area (Å²) in [6, 6.07) is 5.87. The van der Waals surface area contributed by atoms with Crippen molar-refractivity contribution in [2.75, 3.05) is 12.3 Å². The predicted molar refractivity (Wildman–Crippen MR) is 68.6 cm³/mol. The van der Waals surface area contributed by atoms with E-state index in [1.165, 1.54) is 12.8 Å². The van der Waals surface area contributed by atoms with Gasteiger partial charge in [-0.1, -0.05) is 19.8 Å². The molecule has 78 valence electrons. The summed E-state index contributed by atoms with van der Waals surface area (Å²) in [7, 11) is 0. The summed E-state index contributed by atoms with van der Waals surface area (Å²) in [6.45, 7) is 2.94. The molecule has 0 aliphatic carbocycles. The van der Waals surface area contributed by atoms with E-state index in [0.717, 1.165) is 28.0 Å². The van der Waals surface area contributed by atoms with Gasteiger partial charge in [0.2, 0.25) is 0 Å². The lowest BCUT2D eigenvalue weighted by atomic mass is 10.2. The molecule has 1 aromatic carbocycles. The van der Waals surface area contributed by atoms with E-state index in [9.17, 15) is 0 Å². The van der Waals surface area contributed by atoms with E-state index in [1.807, 2.05) is 18.2 Å². The molecular formula is C11H16INO. The Kier molecular flexibility index (Phi) is 5.07. The van der Waals surface area contributed by atoms with Crippen molar-refractivity contribution in [1.29, 1.82) is 0 Å². The average molecular weight is 305 g/mol. The number of nitrogen functional groups attached to an aromatic ring is 1. The number of halogens is 1. The summed E-state index contributed by atoms with van der Waals surface area (Å²) in [5, 5.41) is 0. The van der Waals surface area contributed by atoms with Gasteiger partial charge in [-0.3, -0.25) is 0 Å². The van der Waals surface area contributed by atoms with E-state index in [4.69, 9.17) is 10.5 Å². The highest BCUT2D eigenvalue weighted by atomic mass is 127. The Hall–Kier alpha value is -0.450. The molecule has 0 aromatic heterocycles. The first kappa shape index (κ1) is 11.6. The Morgan fingerprint density at radius 1 is 1.36 bits per heavy atom. The molecular weight excluding hydrogens is 289 g/mol. The van der Waals surface area contributed by atoms with Crippen molar-refractivity contribution in [3.8, 4) is 5.75 Å². The third kappa shape index (κ3) is 3.74. The highest BCUT2D eigenvalue weighted by Gasteiger charge is 1.99. The fraction of sp³-hybridized carbons (Fsp3) is 0.455. The summed E-state index contributed by atoms with van der Waals surface area (Å²) in [4.78, 5) is 0. The maximum atomic E-state index is 5.81. The normalized spacial score (nSPS) is 10.1. The number of unbranched alkanes of at least 4 members (excludes halogenated alkanes) is 2. The highest BCUT2D eigenvalue weighted by Crippen LogP contribution is 2.23. The lowest BCUT2D eigenvalue weighted by Gasteiger charge is -2.08. The number of hydrogen-bond donors (Lipinski definition) is 1. The molecule has 0 radical (unpaired) electrons. The van der Waals surface area contributed by atoms with Crippen LogP contribution >= 0.6 is 22.6 Å². The van der Waals surface area contributed by atoms with Crippen molar-refractivity contribution in [3.05, 3.63) is 21.8 Å². The third-order valence-corrected chi connectivity index (χ3v) is 2.65. The molecule has 0 fully saturated rings. The predicted octanol–water partition coefficient (Wildman–Crippen LogP) is 3.44. The van der Waals surface area contributed by atoms with Gasteiger partial charge in [0.1, 0.15) is 5.75 Å². The van der Waals surface area contributed by atoms with Crippen LogP contribution in [0.25, 0.3) is 0 Å². The van der Waals surface area contributed by atoms with Crippen molar-refractivity contribution in [3.63, 3.8) is 0 Å². The van der Waals surface area contributed by atoms with Crippen molar-refractivity contribution in [1.82, 2.24) is 0 Å². The smallest absolute Gasteiger partial charge is 0.142 e. The van der Waals surface area contributed by atoms with E-state index in [1.54, 1.807) is 0 Å². The second-order valence-electron chi connectivity index (χ2n) is 3.24. The quantitative estimate of drug-likeness (QED) is 0.514. The second kappa shape index (κ2) is 6.11. The van der Waals surface area contributed by atoms with Crippen LogP contribution in [0.1, 0.15) is 26.2 Å². The van der Waals surface area contributed by atoms with Gasteiger partial charge in [0.15, 0.2) is 0 Å². The lowest BCUT2D eigenvalue weighted by molar-refractivity contribution is 0.308. The number of hydrogen-bond acceptors (Lipinski definition) is 2. The van der Waals surface area contributed by atoms with E-state index in [0.29, 0.717) is 0 Å². The van der Waals surface area contributed by atoms with Gasteiger partial charge in [-0.05, 0) is 47.2 Å². The zero-order valence-corrected chi connectivity index (χ0v) is 10.6. The Labute approximate surface area is 99.0 Å². The van der Waals surface area contributed by atoms with Crippen molar-refractivity contribution < 1.29 is 4.74 Å². The van der Waals surface area contributed by atoms with Crippen LogP contribution in [0.4, 0.5) is 5.69 Å². The first-order valence-electron chi connectivity index (χ1n) is 4.92. The van der Waals surface area contributed by atoms with Crippen LogP contribution in [-0.2, 0) is 0 Å². The van der Waals surface area contributed by atoms with Gasteiger partial charge < -0.3 is 10.5 Å². The second-order valence-corrected chi connectivity index (χ2v) is 4.48. The number of anilines is 1. The molecule has 0 saturated carbocycles. The summed E-state index contributed by atoms with van der Waals surface area (Å²) < 4.78 is 6.71. The number of rotatable bonds is 5. The lowest BCUT2D eigenvalue weighted by Crippen LogP contribution is -2.00. The fourth-order valence-electron chi connectivity index (χ4n) is 1.18. The Morgan fingerprint density at radius 3 is 2.79 bits per heavy atom. The highest BCUT2D eigenvalue weighted by molar-refractivity contribution is 14.1. The van der Waals surface area contributed by atoms with Crippen LogP contribution in [0.15, 0.2) is 18.2 Å². The number of benzene rings is 1. The Bertz CT molecular complexity index is 289. The molecule has 0 spiro atoms. The molecule has 3 heteroatoms. The Balaban J connectivity index is 2.42. The zero-order valence-electron chi connectivity index (χ0n) is 8.42. The molecule has 0 bridgehead atoms. The minimum Gasteiger partial charge on any atom is -0.491 e. The molecule has 0 atom stereocenters. The van der Waals surface area contributed by atoms with Gasteiger partial charge in [-0.2, -0.15) is 0 Å². The molecule has 1 rings (SSSR count). The summed E-state index contributed by atoms with van der Waals surface area (Å²) in [5.74, 6) is 0.807. The van der Waals surface area contributed by atoms with Crippen LogP contribution in [0.2, 0.25) is 0 Å². The van der Waals surface area contributed by atoms with Crippen molar-refractivity contribution in [2.24, 2.45) is 0 Å². The van der Waals surface area contributed by atoms with Gasteiger partial charge in [0.25, 0.3) is 0 Å². The van der Waals surface area contributed by atoms with E-state index < -0.39 is 0 Å². The van der Waals surface area contributed by atoms with Crippen molar-refractivity contribution in [2.45, 2.75) is 26.2 Å². The Morgan fingerprint density at radius 2 is 2.14 bits per heavy atom. The molecule has 0 unspecified atom stereocenters. The van der Waals surface area contributed by atoms with Gasteiger partial charge >= 0.3 is 0 Å². The van der Waals surface area contributed by atoms with Gasteiger partial charge in [-0.15, -0.1) is 0 Å². The first-order valence-corrected chi connectivity index (χ1v) is 5.99. The number of nitrogens with two attached hydrogens (primary N) is 1. The topological polar surface area (TPSA) is 35.2 Å².